The Morgan fingerprint density at radius 2 is 2.25 bits per heavy atom. The van der Waals surface area contributed by atoms with Crippen molar-refractivity contribution in [3.8, 4) is 5.75 Å². The molecule has 0 aliphatic carbocycles. The molecule has 2 N–H and O–H groups in total. The van der Waals surface area contributed by atoms with Gasteiger partial charge in [0.25, 0.3) is 0 Å². The molecular formula is C12H18BrNOS. The molecule has 0 spiro atoms. The number of thioether (sulfide) groups is 1. The number of ether oxygens (including phenoxy) is 1. The van der Waals surface area contributed by atoms with Crippen molar-refractivity contribution in [1.29, 1.82) is 0 Å². The van der Waals surface area contributed by atoms with Crippen molar-refractivity contribution in [3.63, 3.8) is 0 Å². The third kappa shape index (κ3) is 4.76. The van der Waals surface area contributed by atoms with Gasteiger partial charge in [-0.1, -0.05) is 15.9 Å². The lowest BCUT2D eigenvalue weighted by atomic mass is 10.1. The minimum atomic E-state index is 0.661. The summed E-state index contributed by atoms with van der Waals surface area (Å²) in [7, 11) is 0. The maximum Gasteiger partial charge on any atom is 0.119 e. The van der Waals surface area contributed by atoms with E-state index < -0.39 is 0 Å². The molecule has 0 aromatic heterocycles. The van der Waals surface area contributed by atoms with E-state index in [1.807, 2.05) is 23.9 Å². The summed E-state index contributed by atoms with van der Waals surface area (Å²) in [6.07, 6.45) is 4.07. The van der Waals surface area contributed by atoms with E-state index in [2.05, 4.69) is 28.3 Å². The molecule has 0 saturated carbocycles. The molecule has 1 aromatic carbocycles. The Hall–Kier alpha value is -0.190. The molecule has 90 valence electrons. The molecule has 1 aromatic rings. The van der Waals surface area contributed by atoms with Crippen LogP contribution in [0.4, 0.5) is 0 Å². The summed E-state index contributed by atoms with van der Waals surface area (Å²) in [5.41, 5.74) is 6.77. The highest BCUT2D eigenvalue weighted by molar-refractivity contribution is 9.10. The fraction of sp³-hybridized carbons (Fsp3) is 0.500. The van der Waals surface area contributed by atoms with Crippen molar-refractivity contribution < 1.29 is 4.74 Å². The highest BCUT2D eigenvalue weighted by atomic mass is 79.9. The van der Waals surface area contributed by atoms with Gasteiger partial charge >= 0.3 is 0 Å². The minimum Gasteiger partial charge on any atom is -0.494 e. The van der Waals surface area contributed by atoms with Gasteiger partial charge in [-0.2, -0.15) is 11.8 Å². The third-order valence-electron chi connectivity index (χ3n) is 2.19. The third-order valence-corrected chi connectivity index (χ3v) is 3.66. The van der Waals surface area contributed by atoms with Gasteiger partial charge in [-0.3, -0.25) is 0 Å². The van der Waals surface area contributed by atoms with E-state index in [1.165, 1.54) is 5.56 Å². The Kier molecular flexibility index (Phi) is 6.92. The molecule has 0 bridgehead atoms. The molecule has 0 radical (unpaired) electrons. The Bertz CT molecular complexity index is 320. The van der Waals surface area contributed by atoms with E-state index in [0.29, 0.717) is 6.54 Å². The van der Waals surface area contributed by atoms with E-state index in [0.717, 1.165) is 35.4 Å². The first kappa shape index (κ1) is 13.9. The van der Waals surface area contributed by atoms with Crippen LogP contribution in [0.1, 0.15) is 12.0 Å². The highest BCUT2D eigenvalue weighted by Crippen LogP contribution is 2.23. The second-order valence-electron chi connectivity index (χ2n) is 3.49. The molecule has 0 amide bonds. The van der Waals surface area contributed by atoms with E-state index in [-0.39, 0.29) is 0 Å². The van der Waals surface area contributed by atoms with E-state index in [9.17, 15) is 0 Å². The van der Waals surface area contributed by atoms with Crippen molar-refractivity contribution in [2.45, 2.75) is 12.8 Å². The van der Waals surface area contributed by atoms with E-state index >= 15 is 0 Å². The van der Waals surface area contributed by atoms with Gasteiger partial charge in [-0.15, -0.1) is 0 Å². The van der Waals surface area contributed by atoms with Crippen LogP contribution in [-0.2, 0) is 6.42 Å². The second-order valence-corrected chi connectivity index (χ2v) is 5.33. The summed E-state index contributed by atoms with van der Waals surface area (Å²) < 4.78 is 6.78. The zero-order valence-electron chi connectivity index (χ0n) is 9.54. The lowest BCUT2D eigenvalue weighted by molar-refractivity contribution is 0.318. The van der Waals surface area contributed by atoms with Crippen molar-refractivity contribution in [1.82, 2.24) is 0 Å². The van der Waals surface area contributed by atoms with Crippen molar-refractivity contribution in [2.24, 2.45) is 5.73 Å². The molecule has 0 atom stereocenters. The largest absolute Gasteiger partial charge is 0.494 e. The molecule has 0 saturated heterocycles. The van der Waals surface area contributed by atoms with Crippen LogP contribution in [0.3, 0.4) is 0 Å². The Balaban J connectivity index is 2.50. The molecule has 2 nitrogen and oxygen atoms in total. The van der Waals surface area contributed by atoms with E-state index in [1.54, 1.807) is 0 Å². The van der Waals surface area contributed by atoms with Crippen LogP contribution in [0.15, 0.2) is 22.7 Å². The first-order valence-electron chi connectivity index (χ1n) is 5.38. The van der Waals surface area contributed by atoms with Crippen LogP contribution in [0.2, 0.25) is 0 Å². The molecule has 0 aliphatic heterocycles. The van der Waals surface area contributed by atoms with Gasteiger partial charge in [-0.05, 0) is 55.2 Å². The number of hydrogen-bond donors (Lipinski definition) is 1. The summed E-state index contributed by atoms with van der Waals surface area (Å²) in [6, 6.07) is 6.08. The van der Waals surface area contributed by atoms with Crippen LogP contribution in [0.25, 0.3) is 0 Å². The smallest absolute Gasteiger partial charge is 0.119 e. The molecule has 0 unspecified atom stereocenters. The summed E-state index contributed by atoms with van der Waals surface area (Å²) >= 11 is 5.36. The monoisotopic (exact) mass is 303 g/mol. The number of hydrogen-bond acceptors (Lipinski definition) is 3. The predicted molar refractivity (Wildman–Crippen MR) is 75.4 cm³/mol. The van der Waals surface area contributed by atoms with Gasteiger partial charge in [-0.25, -0.2) is 0 Å². The van der Waals surface area contributed by atoms with Gasteiger partial charge < -0.3 is 10.5 Å². The SMILES string of the molecule is CSCCCOc1ccc(Br)c(CCN)c1. The Morgan fingerprint density at radius 1 is 1.44 bits per heavy atom. The van der Waals surface area contributed by atoms with E-state index in [4.69, 9.17) is 10.5 Å². The van der Waals surface area contributed by atoms with Crippen molar-refractivity contribution in [3.05, 3.63) is 28.2 Å². The van der Waals surface area contributed by atoms with Crippen LogP contribution in [0.5, 0.6) is 5.75 Å². The topological polar surface area (TPSA) is 35.2 Å². The molecule has 1 rings (SSSR count). The Labute approximate surface area is 110 Å². The van der Waals surface area contributed by atoms with Gasteiger partial charge in [0.1, 0.15) is 5.75 Å². The lowest BCUT2D eigenvalue weighted by Gasteiger charge is -2.09. The van der Waals surface area contributed by atoms with Crippen molar-refractivity contribution in [2.75, 3.05) is 25.2 Å². The fourth-order valence-electron chi connectivity index (χ4n) is 1.38. The highest BCUT2D eigenvalue weighted by Gasteiger charge is 2.01. The van der Waals surface area contributed by atoms with Crippen LogP contribution < -0.4 is 10.5 Å². The second kappa shape index (κ2) is 7.98. The average Bonchev–Trinajstić information content (AvgIpc) is 2.29. The Morgan fingerprint density at radius 3 is 2.94 bits per heavy atom. The van der Waals surface area contributed by atoms with Crippen LogP contribution in [0, 0.1) is 0 Å². The molecular weight excluding hydrogens is 286 g/mol. The zero-order valence-corrected chi connectivity index (χ0v) is 11.9. The lowest BCUT2D eigenvalue weighted by Crippen LogP contribution is -2.04. The number of nitrogens with two attached hydrogens (primary N) is 1. The van der Waals surface area contributed by atoms with Crippen molar-refractivity contribution >= 4 is 27.7 Å². The number of benzene rings is 1. The first-order chi connectivity index (χ1) is 7.77. The fourth-order valence-corrected chi connectivity index (χ4v) is 2.23. The quantitative estimate of drug-likeness (QED) is 0.786. The van der Waals surface area contributed by atoms with Crippen LogP contribution >= 0.6 is 27.7 Å². The van der Waals surface area contributed by atoms with Gasteiger partial charge in [0.2, 0.25) is 0 Å². The molecule has 16 heavy (non-hydrogen) atoms. The minimum absolute atomic E-state index is 0.661. The maximum absolute atomic E-state index is 5.68. The van der Waals surface area contributed by atoms with Gasteiger partial charge in [0, 0.05) is 4.47 Å². The summed E-state index contributed by atoms with van der Waals surface area (Å²) in [5, 5.41) is 0. The van der Waals surface area contributed by atoms with Gasteiger partial charge in [0.05, 0.1) is 6.61 Å². The predicted octanol–water partition coefficient (Wildman–Crippen LogP) is 3.08. The molecule has 4 heteroatoms. The normalized spacial score (nSPS) is 10.4. The zero-order chi connectivity index (χ0) is 11.8. The average molecular weight is 304 g/mol. The number of halogens is 1. The maximum atomic E-state index is 5.68. The number of rotatable bonds is 7. The molecule has 0 fully saturated rings. The summed E-state index contributed by atoms with van der Waals surface area (Å²) in [5.74, 6) is 2.08. The van der Waals surface area contributed by atoms with Crippen LogP contribution in [-0.4, -0.2) is 25.2 Å². The van der Waals surface area contributed by atoms with Gasteiger partial charge in [0.15, 0.2) is 0 Å². The molecule has 0 aliphatic rings. The molecule has 0 heterocycles. The first-order valence-corrected chi connectivity index (χ1v) is 7.57. The summed E-state index contributed by atoms with van der Waals surface area (Å²) in [4.78, 5) is 0. The standard InChI is InChI=1S/C12H18BrNOS/c1-16-8-2-7-15-11-3-4-12(13)10(9-11)5-6-14/h3-4,9H,2,5-8,14H2,1H3. The summed E-state index contributed by atoms with van der Waals surface area (Å²) in [6.45, 7) is 1.44.